The van der Waals surface area contributed by atoms with E-state index in [1.54, 1.807) is 6.92 Å². The van der Waals surface area contributed by atoms with Gasteiger partial charge in [-0.2, -0.15) is 4.65 Å². The van der Waals surface area contributed by atoms with Crippen molar-refractivity contribution in [3.05, 3.63) is 0 Å². The molecule has 0 fully saturated rings. The van der Waals surface area contributed by atoms with Crippen molar-refractivity contribution in [3.8, 4) is 0 Å². The molecule has 5 nitrogen and oxygen atoms in total. The number of hydrogen-bond donors (Lipinski definition) is 1. The van der Waals surface area contributed by atoms with Crippen LogP contribution in [0.5, 0.6) is 0 Å². The number of quaternary nitrogens is 1. The van der Waals surface area contributed by atoms with Crippen molar-refractivity contribution in [2.75, 3.05) is 26.2 Å². The van der Waals surface area contributed by atoms with Crippen LogP contribution in [0.1, 0.15) is 47.0 Å². The fraction of sp³-hybridized carbons (Fsp3) is 1.00. The smallest absolute Gasteiger partial charge is 0.300 e. The summed E-state index contributed by atoms with van der Waals surface area (Å²) >= 11 is 0. The van der Waals surface area contributed by atoms with Crippen LogP contribution >= 0.6 is 7.82 Å². The summed E-state index contributed by atoms with van der Waals surface area (Å²) in [7, 11) is -3.93. The summed E-state index contributed by atoms with van der Waals surface area (Å²) < 4.78 is 22.2. The summed E-state index contributed by atoms with van der Waals surface area (Å²) in [6, 6.07) is 0. The van der Waals surface area contributed by atoms with E-state index in [1.807, 2.05) is 20.8 Å². The van der Waals surface area contributed by atoms with Gasteiger partial charge in [-0.1, -0.05) is 25.4 Å². The second kappa shape index (κ2) is 8.22. The Morgan fingerprint density at radius 1 is 1.00 bits per heavy atom. The fourth-order valence-electron chi connectivity index (χ4n) is 2.09. The Kier molecular flexibility index (Phi) is 8.25. The Hall–Kier alpha value is 0.0700. The predicted molar refractivity (Wildman–Crippen MR) is 68.3 cm³/mol. The quantitative estimate of drug-likeness (QED) is 0.376. The van der Waals surface area contributed by atoms with Gasteiger partial charge in [0.25, 0.3) is 0 Å². The van der Waals surface area contributed by atoms with E-state index in [0.29, 0.717) is 0 Å². The Balaban J connectivity index is 4.80. The zero-order valence-electron chi connectivity index (χ0n) is 11.5. The number of hydrogen-bond acceptors (Lipinski definition) is 3. The Bertz CT molecular complexity index is 231. The zero-order chi connectivity index (χ0) is 13.4. The molecule has 17 heavy (non-hydrogen) atoms. The first kappa shape index (κ1) is 17.1. The van der Waals surface area contributed by atoms with Crippen molar-refractivity contribution in [2.45, 2.75) is 47.0 Å². The Morgan fingerprint density at radius 2 is 1.41 bits per heavy atom. The lowest BCUT2D eigenvalue weighted by molar-refractivity contribution is -1.08. The van der Waals surface area contributed by atoms with Gasteiger partial charge in [-0.3, -0.25) is 9.42 Å². The number of phosphoric acid groups is 1. The first-order chi connectivity index (χ1) is 7.95. The van der Waals surface area contributed by atoms with Gasteiger partial charge in [0.05, 0.1) is 6.61 Å². The van der Waals surface area contributed by atoms with Gasteiger partial charge in [0.1, 0.15) is 19.6 Å². The van der Waals surface area contributed by atoms with E-state index in [1.165, 1.54) is 0 Å². The van der Waals surface area contributed by atoms with Gasteiger partial charge < -0.3 is 0 Å². The molecule has 0 aliphatic heterocycles. The average Bonchev–Trinajstić information content (AvgIpc) is 2.17. The van der Waals surface area contributed by atoms with E-state index >= 15 is 0 Å². The molecule has 1 unspecified atom stereocenters. The van der Waals surface area contributed by atoms with Crippen LogP contribution in [0.4, 0.5) is 0 Å². The molecular formula is C11H27NO4P+. The molecule has 0 radical (unpaired) electrons. The highest BCUT2D eigenvalue weighted by molar-refractivity contribution is 7.47. The summed E-state index contributed by atoms with van der Waals surface area (Å²) in [6.45, 7) is 10.2. The highest BCUT2D eigenvalue weighted by Gasteiger charge is 2.38. The van der Waals surface area contributed by atoms with Crippen LogP contribution < -0.4 is 0 Å². The molecule has 0 aliphatic carbocycles. The van der Waals surface area contributed by atoms with Gasteiger partial charge in [0.15, 0.2) is 0 Å². The van der Waals surface area contributed by atoms with Crippen LogP contribution in [-0.4, -0.2) is 35.8 Å². The average molecular weight is 268 g/mol. The molecule has 0 aromatic rings. The van der Waals surface area contributed by atoms with Crippen LogP contribution in [0.2, 0.25) is 0 Å². The third kappa shape index (κ3) is 6.53. The second-order valence-electron chi connectivity index (χ2n) is 4.20. The summed E-state index contributed by atoms with van der Waals surface area (Å²) in [6.07, 6.45) is 2.73. The van der Waals surface area contributed by atoms with Gasteiger partial charge in [0.2, 0.25) is 0 Å². The maximum Gasteiger partial charge on any atom is 0.518 e. The van der Waals surface area contributed by atoms with E-state index < -0.39 is 7.82 Å². The van der Waals surface area contributed by atoms with Crippen molar-refractivity contribution in [1.29, 1.82) is 0 Å². The molecule has 1 N–H and O–H groups in total. The second-order valence-corrected chi connectivity index (χ2v) is 5.56. The maximum atomic E-state index is 11.7. The molecule has 0 heterocycles. The van der Waals surface area contributed by atoms with Gasteiger partial charge in [-0.15, -0.1) is 0 Å². The number of phosphoric ester groups is 1. The van der Waals surface area contributed by atoms with Crippen LogP contribution in [0.3, 0.4) is 0 Å². The number of rotatable bonds is 10. The lowest BCUT2D eigenvalue weighted by Crippen LogP contribution is -2.48. The van der Waals surface area contributed by atoms with Crippen LogP contribution in [-0.2, 0) is 13.7 Å². The predicted octanol–water partition coefficient (Wildman–Crippen LogP) is 3.10. The molecule has 1 atom stereocenters. The summed E-state index contributed by atoms with van der Waals surface area (Å²) in [4.78, 5) is 9.63. The molecule has 0 rings (SSSR count). The monoisotopic (exact) mass is 268 g/mol. The van der Waals surface area contributed by atoms with Gasteiger partial charge in [-0.25, -0.2) is 4.57 Å². The first-order valence-corrected chi connectivity index (χ1v) is 7.99. The Labute approximate surface area is 105 Å². The molecule has 6 heteroatoms. The van der Waals surface area contributed by atoms with Gasteiger partial charge >= 0.3 is 7.82 Å². The maximum absolute atomic E-state index is 11.7. The summed E-state index contributed by atoms with van der Waals surface area (Å²) in [5, 5.41) is 0. The zero-order valence-corrected chi connectivity index (χ0v) is 12.4. The van der Waals surface area contributed by atoms with Crippen molar-refractivity contribution in [3.63, 3.8) is 0 Å². The highest BCUT2D eigenvalue weighted by Crippen LogP contribution is 2.46. The van der Waals surface area contributed by atoms with Gasteiger partial charge in [0, 0.05) is 0 Å². The van der Waals surface area contributed by atoms with E-state index in [2.05, 4.69) is 0 Å². The van der Waals surface area contributed by atoms with E-state index in [0.717, 1.165) is 38.9 Å². The molecule has 0 spiro atoms. The van der Waals surface area contributed by atoms with E-state index in [-0.39, 0.29) is 11.3 Å². The topological polar surface area (TPSA) is 55.8 Å². The fourth-order valence-corrected chi connectivity index (χ4v) is 3.14. The Morgan fingerprint density at radius 3 is 1.71 bits per heavy atom. The molecule has 0 amide bonds. The van der Waals surface area contributed by atoms with E-state index in [4.69, 9.17) is 9.15 Å². The van der Waals surface area contributed by atoms with Crippen molar-refractivity contribution in [2.24, 2.45) is 0 Å². The third-order valence-corrected chi connectivity index (χ3v) is 3.60. The van der Waals surface area contributed by atoms with Crippen LogP contribution in [0, 0.1) is 0 Å². The lowest BCUT2D eigenvalue weighted by Gasteiger charge is -2.35. The number of nitrogens with zero attached hydrogens (tertiary/aromatic N) is 1. The summed E-state index contributed by atoms with van der Waals surface area (Å²) in [5.41, 5.74) is 0. The van der Waals surface area contributed by atoms with Crippen molar-refractivity contribution < 1.29 is 23.3 Å². The minimum atomic E-state index is -3.93. The summed E-state index contributed by atoms with van der Waals surface area (Å²) in [5.74, 6) is 0. The molecule has 0 aromatic heterocycles. The molecule has 0 aromatic carbocycles. The molecule has 0 bridgehead atoms. The van der Waals surface area contributed by atoms with Crippen LogP contribution in [0.25, 0.3) is 0 Å². The lowest BCUT2D eigenvalue weighted by atomic mass is 10.3. The molecule has 104 valence electrons. The molecule has 0 aliphatic rings. The minimum Gasteiger partial charge on any atom is -0.300 e. The van der Waals surface area contributed by atoms with Crippen LogP contribution in [0.15, 0.2) is 0 Å². The molecule has 0 saturated carbocycles. The highest BCUT2D eigenvalue weighted by atomic mass is 31.2. The largest absolute Gasteiger partial charge is 0.518 e. The normalized spacial score (nSPS) is 15.8. The first-order valence-electron chi connectivity index (χ1n) is 6.50. The standard InChI is InChI=1S/C11H26NO4P/c1-5-9-12(10-6-2,11-7-3)16-17(13,14)15-8-4/h5-11H2,1-4H3/p+1. The van der Waals surface area contributed by atoms with E-state index in [9.17, 15) is 9.46 Å². The third-order valence-electron chi connectivity index (χ3n) is 2.46. The molecular weight excluding hydrogens is 241 g/mol. The molecule has 0 saturated heterocycles. The number of hydroxylamine groups is 3. The minimum absolute atomic E-state index is 0.179. The van der Waals surface area contributed by atoms with Gasteiger partial charge in [-0.05, 0) is 26.2 Å². The van der Waals surface area contributed by atoms with Crippen molar-refractivity contribution >= 4 is 7.82 Å². The SMILES string of the molecule is CCC[N+](CCC)(CCC)OP(=O)(O)OCC. The van der Waals surface area contributed by atoms with Crippen molar-refractivity contribution in [1.82, 2.24) is 0 Å².